The van der Waals surface area contributed by atoms with Gasteiger partial charge in [-0.05, 0) is 39.8 Å². The van der Waals surface area contributed by atoms with E-state index in [1.807, 2.05) is 13.8 Å². The number of hydrogen-bond acceptors (Lipinski definition) is 6. The second-order valence-electron chi connectivity index (χ2n) is 8.72. The van der Waals surface area contributed by atoms with Gasteiger partial charge in [-0.25, -0.2) is 4.98 Å². The Kier molecular flexibility index (Phi) is 7.34. The summed E-state index contributed by atoms with van der Waals surface area (Å²) in [6, 6.07) is 1.25. The third kappa shape index (κ3) is 5.05. The second-order valence-corrected chi connectivity index (χ2v) is 9.58. The Bertz CT molecular complexity index is 648. The van der Waals surface area contributed by atoms with Gasteiger partial charge in [0.25, 0.3) is 0 Å². The number of amides is 1. The van der Waals surface area contributed by atoms with Crippen LogP contribution >= 0.6 is 11.3 Å². The van der Waals surface area contributed by atoms with Crippen LogP contribution in [0.5, 0.6) is 0 Å². The van der Waals surface area contributed by atoms with Gasteiger partial charge in [0, 0.05) is 55.6 Å². The highest BCUT2D eigenvalue weighted by molar-refractivity contribution is 7.13. The third-order valence-electron chi connectivity index (χ3n) is 6.20. The van der Waals surface area contributed by atoms with Gasteiger partial charge in [-0.2, -0.15) is 0 Å². The molecule has 1 aromatic rings. The van der Waals surface area contributed by atoms with E-state index in [0.29, 0.717) is 12.1 Å². The fourth-order valence-corrected chi connectivity index (χ4v) is 5.19. The minimum absolute atomic E-state index is 0.0665. The van der Waals surface area contributed by atoms with E-state index in [1.165, 1.54) is 19.4 Å². The maximum absolute atomic E-state index is 12.4. The quantitative estimate of drug-likeness (QED) is 0.753. The molecule has 2 aliphatic heterocycles. The number of nitrogens with zero attached hydrogens (tertiary/aromatic N) is 4. The van der Waals surface area contributed by atoms with Gasteiger partial charge in [0.2, 0.25) is 5.91 Å². The standard InChI is InChI=1S/C21H37N5OS/c1-6-24-9-7-8-19(24)10-22-21-23-18(14-28-21)13-25-11-17(5)26(12-16(25)4)20(27)15(2)3/h14-17,19H,6-13H2,1-5H3,(H,22,23)/t16-,17-,19+/m1/s1. The summed E-state index contributed by atoms with van der Waals surface area (Å²) in [5.41, 5.74) is 1.13. The fraction of sp³-hybridized carbons (Fsp3) is 0.810. The molecule has 0 bridgehead atoms. The number of likely N-dealkylation sites (N-methyl/N-ethyl adjacent to an activating group) is 1. The average Bonchev–Trinajstić information content (AvgIpc) is 3.30. The number of thiazole rings is 1. The predicted octanol–water partition coefficient (Wildman–Crippen LogP) is 3.12. The predicted molar refractivity (Wildman–Crippen MR) is 117 cm³/mol. The molecule has 7 heteroatoms. The Morgan fingerprint density at radius 3 is 2.79 bits per heavy atom. The van der Waals surface area contributed by atoms with E-state index in [-0.39, 0.29) is 17.9 Å². The van der Waals surface area contributed by atoms with Gasteiger partial charge in [-0.3, -0.25) is 14.6 Å². The van der Waals surface area contributed by atoms with Crippen molar-refractivity contribution >= 4 is 22.4 Å². The molecular weight excluding hydrogens is 370 g/mol. The van der Waals surface area contributed by atoms with Crippen molar-refractivity contribution in [3.63, 3.8) is 0 Å². The first kappa shape index (κ1) is 21.5. The lowest BCUT2D eigenvalue weighted by molar-refractivity contribution is -0.140. The van der Waals surface area contributed by atoms with Gasteiger partial charge in [-0.1, -0.05) is 20.8 Å². The SMILES string of the molecule is CCN1CCC[C@H]1CNc1nc(CN2C[C@@H](C)N(C(=O)C(C)C)C[C@H]2C)cs1. The van der Waals surface area contributed by atoms with Crippen molar-refractivity contribution in [1.82, 2.24) is 19.7 Å². The largest absolute Gasteiger partial charge is 0.360 e. The number of nitrogens with one attached hydrogen (secondary N) is 1. The first-order valence-electron chi connectivity index (χ1n) is 10.9. The van der Waals surface area contributed by atoms with Crippen LogP contribution in [-0.4, -0.2) is 76.4 Å². The fourth-order valence-electron chi connectivity index (χ4n) is 4.47. The van der Waals surface area contributed by atoms with Crippen LogP contribution < -0.4 is 5.32 Å². The molecule has 2 saturated heterocycles. The zero-order chi connectivity index (χ0) is 20.3. The van der Waals surface area contributed by atoms with Crippen LogP contribution in [-0.2, 0) is 11.3 Å². The van der Waals surface area contributed by atoms with E-state index < -0.39 is 0 Å². The molecule has 0 aromatic carbocycles. The molecule has 1 aromatic heterocycles. The van der Waals surface area contributed by atoms with Crippen LogP contribution in [0, 0.1) is 5.92 Å². The molecule has 28 heavy (non-hydrogen) atoms. The van der Waals surface area contributed by atoms with E-state index in [9.17, 15) is 4.79 Å². The van der Waals surface area contributed by atoms with Crippen molar-refractivity contribution in [2.75, 3.05) is 38.0 Å². The van der Waals surface area contributed by atoms with E-state index in [4.69, 9.17) is 4.98 Å². The highest BCUT2D eigenvalue weighted by atomic mass is 32.1. The van der Waals surface area contributed by atoms with Crippen molar-refractivity contribution in [3.8, 4) is 0 Å². The number of aromatic nitrogens is 1. The minimum Gasteiger partial charge on any atom is -0.360 e. The third-order valence-corrected chi connectivity index (χ3v) is 7.05. The van der Waals surface area contributed by atoms with Crippen LogP contribution in [0.1, 0.15) is 53.2 Å². The molecule has 0 aliphatic carbocycles. The van der Waals surface area contributed by atoms with Gasteiger partial charge in [0.15, 0.2) is 5.13 Å². The van der Waals surface area contributed by atoms with Crippen LogP contribution in [0.3, 0.4) is 0 Å². The number of likely N-dealkylation sites (tertiary alicyclic amines) is 1. The summed E-state index contributed by atoms with van der Waals surface area (Å²) in [6.07, 6.45) is 2.60. The zero-order valence-electron chi connectivity index (χ0n) is 18.1. The summed E-state index contributed by atoms with van der Waals surface area (Å²) in [4.78, 5) is 24.3. The molecule has 6 nitrogen and oxygen atoms in total. The topological polar surface area (TPSA) is 51.7 Å². The van der Waals surface area contributed by atoms with Gasteiger partial charge in [0.05, 0.1) is 5.69 Å². The summed E-state index contributed by atoms with van der Waals surface area (Å²) in [5.74, 6) is 0.337. The normalized spacial score (nSPS) is 26.9. The van der Waals surface area contributed by atoms with Crippen molar-refractivity contribution < 1.29 is 4.79 Å². The Morgan fingerprint density at radius 1 is 1.29 bits per heavy atom. The molecule has 2 aliphatic rings. The second kappa shape index (κ2) is 9.55. The molecule has 3 rings (SSSR count). The summed E-state index contributed by atoms with van der Waals surface area (Å²) < 4.78 is 0. The molecule has 0 saturated carbocycles. The molecule has 1 amide bonds. The van der Waals surface area contributed by atoms with Gasteiger partial charge in [-0.15, -0.1) is 11.3 Å². The lowest BCUT2D eigenvalue weighted by Crippen LogP contribution is -2.58. The summed E-state index contributed by atoms with van der Waals surface area (Å²) in [5, 5.41) is 6.77. The van der Waals surface area contributed by atoms with E-state index in [1.54, 1.807) is 11.3 Å². The number of carbonyl (C=O) groups excluding carboxylic acids is 1. The number of anilines is 1. The van der Waals surface area contributed by atoms with E-state index >= 15 is 0 Å². The minimum atomic E-state index is 0.0665. The van der Waals surface area contributed by atoms with E-state index in [0.717, 1.165) is 43.5 Å². The van der Waals surface area contributed by atoms with E-state index in [2.05, 4.69) is 46.2 Å². The number of carbonyl (C=O) groups is 1. The Hall–Kier alpha value is -1.18. The Morgan fingerprint density at radius 2 is 2.07 bits per heavy atom. The van der Waals surface area contributed by atoms with Crippen LogP contribution in [0.15, 0.2) is 5.38 Å². The first-order valence-corrected chi connectivity index (χ1v) is 11.7. The zero-order valence-corrected chi connectivity index (χ0v) is 19.0. The molecule has 158 valence electrons. The molecule has 3 atom stereocenters. The summed E-state index contributed by atoms with van der Waals surface area (Å²) in [6.45, 7) is 16.5. The van der Waals surface area contributed by atoms with Gasteiger partial charge in [0.1, 0.15) is 0 Å². The number of hydrogen-bond donors (Lipinski definition) is 1. The van der Waals surface area contributed by atoms with Crippen molar-refractivity contribution in [3.05, 3.63) is 11.1 Å². The van der Waals surface area contributed by atoms with Crippen molar-refractivity contribution in [1.29, 1.82) is 0 Å². The van der Waals surface area contributed by atoms with Gasteiger partial charge < -0.3 is 10.2 Å². The molecule has 0 unspecified atom stereocenters. The maximum Gasteiger partial charge on any atom is 0.225 e. The van der Waals surface area contributed by atoms with Crippen LogP contribution in [0.25, 0.3) is 0 Å². The average molecular weight is 408 g/mol. The van der Waals surface area contributed by atoms with Crippen molar-refractivity contribution in [2.24, 2.45) is 5.92 Å². The molecular formula is C21H37N5OS. The molecule has 3 heterocycles. The lowest BCUT2D eigenvalue weighted by atomic mass is 10.1. The van der Waals surface area contributed by atoms with Gasteiger partial charge >= 0.3 is 0 Å². The monoisotopic (exact) mass is 407 g/mol. The first-order chi connectivity index (χ1) is 13.4. The summed E-state index contributed by atoms with van der Waals surface area (Å²) in [7, 11) is 0. The Balaban J connectivity index is 1.51. The smallest absolute Gasteiger partial charge is 0.225 e. The van der Waals surface area contributed by atoms with Crippen LogP contribution in [0.4, 0.5) is 5.13 Å². The number of piperazine rings is 1. The Labute approximate surface area is 174 Å². The molecule has 0 spiro atoms. The molecule has 0 radical (unpaired) electrons. The highest BCUT2D eigenvalue weighted by Gasteiger charge is 2.33. The lowest BCUT2D eigenvalue weighted by Gasteiger charge is -2.44. The van der Waals surface area contributed by atoms with Crippen LogP contribution in [0.2, 0.25) is 0 Å². The summed E-state index contributed by atoms with van der Waals surface area (Å²) >= 11 is 1.71. The molecule has 2 fully saturated rings. The highest BCUT2D eigenvalue weighted by Crippen LogP contribution is 2.23. The molecule has 1 N–H and O–H groups in total. The van der Waals surface area contributed by atoms with Crippen molar-refractivity contribution in [2.45, 2.75) is 72.1 Å². The maximum atomic E-state index is 12.4. The number of rotatable bonds is 7.